The quantitative estimate of drug-likeness (QED) is 0.498. The minimum absolute atomic E-state index is 0.126. The minimum Gasteiger partial charge on any atom is -0.450 e. The van der Waals surface area contributed by atoms with E-state index in [0.717, 1.165) is 36.1 Å². The van der Waals surface area contributed by atoms with Crippen LogP contribution < -0.4 is 5.43 Å². The number of benzene rings is 2. The van der Waals surface area contributed by atoms with Gasteiger partial charge in [-0.15, -0.1) is 0 Å². The third kappa shape index (κ3) is 3.70. The van der Waals surface area contributed by atoms with Crippen LogP contribution in [0.3, 0.4) is 0 Å². The Kier molecular flexibility index (Phi) is 6.06. The van der Waals surface area contributed by atoms with Gasteiger partial charge in [0.25, 0.3) is 5.91 Å². The van der Waals surface area contributed by atoms with Crippen molar-refractivity contribution in [3.63, 3.8) is 0 Å². The number of fused-ring (bicyclic) bond motifs is 2. The summed E-state index contributed by atoms with van der Waals surface area (Å²) in [5.74, 6) is -0.0326. The Bertz CT molecular complexity index is 1120. The van der Waals surface area contributed by atoms with Crippen LogP contribution in [-0.4, -0.2) is 41.9 Å². The van der Waals surface area contributed by atoms with E-state index in [0.29, 0.717) is 23.1 Å². The molecule has 0 saturated heterocycles. The largest absolute Gasteiger partial charge is 0.450 e. The molecular weight excluding hydrogens is 444 g/mol. The molecule has 0 saturated carbocycles. The lowest BCUT2D eigenvalue weighted by Crippen LogP contribution is -2.33. The van der Waals surface area contributed by atoms with E-state index in [1.54, 1.807) is 17.0 Å². The van der Waals surface area contributed by atoms with Gasteiger partial charge >= 0.3 is 0 Å². The van der Waals surface area contributed by atoms with Crippen LogP contribution in [0, 0.1) is 0 Å². The molecule has 0 N–H and O–H groups in total. The third-order valence-corrected chi connectivity index (χ3v) is 6.36. The van der Waals surface area contributed by atoms with Gasteiger partial charge in [-0.05, 0) is 55.9 Å². The maximum absolute atomic E-state index is 13.4. The van der Waals surface area contributed by atoms with Crippen molar-refractivity contribution in [2.24, 2.45) is 0 Å². The number of halogens is 1. The Morgan fingerprint density at radius 3 is 2.43 bits per heavy atom. The Labute approximate surface area is 184 Å². The Hall–Kier alpha value is -2.44. The van der Waals surface area contributed by atoms with E-state index in [2.05, 4.69) is 34.7 Å². The van der Waals surface area contributed by atoms with Gasteiger partial charge in [0.15, 0.2) is 5.43 Å². The zero-order valence-electron chi connectivity index (χ0n) is 17.2. The van der Waals surface area contributed by atoms with Crippen molar-refractivity contribution in [2.45, 2.75) is 26.3 Å². The summed E-state index contributed by atoms with van der Waals surface area (Å²) < 4.78 is 6.92. The number of hydrogen-bond acceptors (Lipinski definition) is 4. The monoisotopic (exact) mass is 468 g/mol. The van der Waals surface area contributed by atoms with Crippen molar-refractivity contribution < 1.29 is 9.21 Å². The average molecular weight is 469 g/mol. The van der Waals surface area contributed by atoms with E-state index in [-0.39, 0.29) is 17.1 Å². The van der Waals surface area contributed by atoms with Gasteiger partial charge < -0.3 is 14.2 Å². The highest BCUT2D eigenvalue weighted by Crippen LogP contribution is 2.38. The van der Waals surface area contributed by atoms with E-state index in [1.807, 2.05) is 36.4 Å². The second-order valence-electron chi connectivity index (χ2n) is 7.50. The van der Waals surface area contributed by atoms with E-state index < -0.39 is 6.04 Å². The first-order valence-electron chi connectivity index (χ1n) is 10.4. The van der Waals surface area contributed by atoms with Gasteiger partial charge in [0.05, 0.1) is 17.0 Å². The molecule has 0 radical (unpaired) electrons. The minimum atomic E-state index is -0.432. The zero-order chi connectivity index (χ0) is 21.3. The molecule has 1 aliphatic rings. The molecule has 1 aliphatic heterocycles. The Morgan fingerprint density at radius 2 is 1.73 bits per heavy atom. The normalized spacial score (nSPS) is 15.9. The zero-order valence-corrected chi connectivity index (χ0v) is 18.8. The lowest BCUT2D eigenvalue weighted by atomic mass is 9.98. The van der Waals surface area contributed by atoms with Crippen molar-refractivity contribution in [1.82, 2.24) is 9.80 Å². The topological polar surface area (TPSA) is 53.8 Å². The molecule has 1 amide bonds. The molecular formula is C24H25BrN2O3. The van der Waals surface area contributed by atoms with Gasteiger partial charge in [-0.25, -0.2) is 0 Å². The number of para-hydroxylation sites is 1. The van der Waals surface area contributed by atoms with Crippen LogP contribution in [0.4, 0.5) is 0 Å². The molecule has 2 heterocycles. The van der Waals surface area contributed by atoms with Gasteiger partial charge in [-0.1, -0.05) is 54.0 Å². The number of nitrogens with zero attached hydrogens (tertiary/aromatic N) is 2. The van der Waals surface area contributed by atoms with Gasteiger partial charge in [0, 0.05) is 11.0 Å². The number of hydrogen-bond donors (Lipinski definition) is 0. The number of rotatable bonds is 7. The SMILES string of the molecule is CCN(CC)CCCN1C(=O)c2oc3ccccc3c(=O)c2[C@@H]1c1ccc(Br)cc1. The molecule has 0 bridgehead atoms. The first-order chi connectivity index (χ1) is 14.5. The molecule has 0 spiro atoms. The van der Waals surface area contributed by atoms with Crippen LogP contribution in [0.2, 0.25) is 0 Å². The number of carbonyl (C=O) groups excluding carboxylic acids is 1. The first kappa shape index (κ1) is 20.8. The standard InChI is InChI=1S/C24H25BrN2O3/c1-3-26(4-2)14-7-15-27-21(16-10-12-17(25)13-11-16)20-22(28)18-8-5-6-9-19(18)30-23(20)24(27)29/h5-6,8-13,21H,3-4,7,14-15H2,1-2H3/t21-/m0/s1. The number of amides is 1. The molecule has 0 fully saturated rings. The highest BCUT2D eigenvalue weighted by atomic mass is 79.9. The first-order valence-corrected chi connectivity index (χ1v) is 11.2. The summed E-state index contributed by atoms with van der Waals surface area (Å²) >= 11 is 3.47. The van der Waals surface area contributed by atoms with Crippen LogP contribution in [-0.2, 0) is 0 Å². The second kappa shape index (κ2) is 8.74. The van der Waals surface area contributed by atoms with E-state index in [1.165, 1.54) is 0 Å². The van der Waals surface area contributed by atoms with Gasteiger partial charge in [0.1, 0.15) is 5.58 Å². The summed E-state index contributed by atoms with van der Waals surface area (Å²) in [6.45, 7) is 7.70. The van der Waals surface area contributed by atoms with Crippen LogP contribution in [0.25, 0.3) is 11.0 Å². The van der Waals surface area contributed by atoms with E-state index in [4.69, 9.17) is 4.42 Å². The Morgan fingerprint density at radius 1 is 1.03 bits per heavy atom. The predicted molar refractivity (Wildman–Crippen MR) is 122 cm³/mol. The molecule has 2 aromatic carbocycles. The smallest absolute Gasteiger partial charge is 0.290 e. The molecule has 5 nitrogen and oxygen atoms in total. The molecule has 30 heavy (non-hydrogen) atoms. The summed E-state index contributed by atoms with van der Waals surface area (Å²) in [7, 11) is 0. The Balaban J connectivity index is 1.78. The average Bonchev–Trinajstić information content (AvgIpc) is 3.04. The molecule has 0 aliphatic carbocycles. The van der Waals surface area contributed by atoms with Crippen LogP contribution >= 0.6 is 15.9 Å². The van der Waals surface area contributed by atoms with Gasteiger partial charge in [0.2, 0.25) is 5.76 Å². The fourth-order valence-electron chi connectivity index (χ4n) is 4.19. The fourth-order valence-corrected chi connectivity index (χ4v) is 4.46. The van der Waals surface area contributed by atoms with Gasteiger partial charge in [-0.3, -0.25) is 9.59 Å². The maximum atomic E-state index is 13.4. The summed E-state index contributed by atoms with van der Waals surface area (Å²) in [5.41, 5.74) is 1.69. The van der Waals surface area contributed by atoms with Crippen LogP contribution in [0.15, 0.2) is 62.2 Å². The van der Waals surface area contributed by atoms with Gasteiger partial charge in [-0.2, -0.15) is 0 Å². The third-order valence-electron chi connectivity index (χ3n) is 5.83. The lowest BCUT2D eigenvalue weighted by Gasteiger charge is -2.26. The van der Waals surface area contributed by atoms with E-state index >= 15 is 0 Å². The predicted octanol–water partition coefficient (Wildman–Crippen LogP) is 4.83. The summed E-state index contributed by atoms with van der Waals surface area (Å²) in [6, 6.07) is 14.5. The molecule has 0 unspecified atom stereocenters. The molecule has 6 heteroatoms. The highest BCUT2D eigenvalue weighted by molar-refractivity contribution is 9.10. The molecule has 4 rings (SSSR count). The molecule has 156 valence electrons. The van der Waals surface area contributed by atoms with Crippen molar-refractivity contribution >= 4 is 32.8 Å². The van der Waals surface area contributed by atoms with Crippen LogP contribution in [0.5, 0.6) is 0 Å². The van der Waals surface area contributed by atoms with Crippen molar-refractivity contribution in [3.8, 4) is 0 Å². The van der Waals surface area contributed by atoms with Crippen LogP contribution in [0.1, 0.15) is 48.0 Å². The van der Waals surface area contributed by atoms with Crippen molar-refractivity contribution in [3.05, 3.63) is 80.1 Å². The van der Waals surface area contributed by atoms with Crippen molar-refractivity contribution in [2.75, 3.05) is 26.2 Å². The number of carbonyl (C=O) groups is 1. The molecule has 1 atom stereocenters. The summed E-state index contributed by atoms with van der Waals surface area (Å²) in [6.07, 6.45) is 0.835. The maximum Gasteiger partial charge on any atom is 0.290 e. The van der Waals surface area contributed by atoms with Crippen molar-refractivity contribution in [1.29, 1.82) is 0 Å². The second-order valence-corrected chi connectivity index (χ2v) is 8.42. The summed E-state index contributed by atoms with van der Waals surface area (Å²) in [4.78, 5) is 30.8. The highest BCUT2D eigenvalue weighted by Gasteiger charge is 2.42. The fraction of sp³-hybridized carbons (Fsp3) is 0.333. The molecule has 3 aromatic rings. The summed E-state index contributed by atoms with van der Waals surface area (Å²) in [5, 5.41) is 0.510. The molecule has 1 aromatic heterocycles. The van der Waals surface area contributed by atoms with E-state index in [9.17, 15) is 9.59 Å². The lowest BCUT2D eigenvalue weighted by molar-refractivity contribution is 0.0720.